The molecular weight excluding hydrogens is 266 g/mol. The van der Waals surface area contributed by atoms with Crippen molar-refractivity contribution >= 4 is 5.97 Å². The van der Waals surface area contributed by atoms with Crippen LogP contribution in [0.15, 0.2) is 0 Å². The van der Waals surface area contributed by atoms with Crippen molar-refractivity contribution in [3.8, 4) is 0 Å². The maximum Gasteiger partial charge on any atom is 0.320 e. The third-order valence-corrected chi connectivity index (χ3v) is 3.42. The molecule has 0 aliphatic carbocycles. The Labute approximate surface area is 118 Å². The van der Waals surface area contributed by atoms with Crippen LogP contribution in [-0.2, 0) is 23.7 Å². The Morgan fingerprint density at radius 1 is 1.25 bits per heavy atom. The number of ether oxygens (including phenoxy) is 4. The Morgan fingerprint density at radius 3 is 2.40 bits per heavy atom. The lowest BCUT2D eigenvalue weighted by molar-refractivity contribution is -0.174. The number of hydrogen-bond donors (Lipinski definition) is 2. The maximum atomic E-state index is 10.9. The molecule has 0 radical (unpaired) electrons. The monoisotopic (exact) mass is 289 g/mol. The molecule has 2 saturated heterocycles. The molecular formula is C13H23NO6. The van der Waals surface area contributed by atoms with Crippen LogP contribution >= 0.6 is 0 Å². The molecule has 2 heterocycles. The largest absolute Gasteiger partial charge is 0.480 e. The van der Waals surface area contributed by atoms with Gasteiger partial charge in [-0.25, -0.2) is 0 Å². The van der Waals surface area contributed by atoms with E-state index >= 15 is 0 Å². The van der Waals surface area contributed by atoms with Crippen LogP contribution in [0.3, 0.4) is 0 Å². The van der Waals surface area contributed by atoms with Gasteiger partial charge in [-0.1, -0.05) is 0 Å². The van der Waals surface area contributed by atoms with E-state index in [1.54, 1.807) is 13.8 Å². The number of rotatable bonds is 4. The number of nitrogens with two attached hydrogens (primary N) is 1. The first-order valence-corrected chi connectivity index (χ1v) is 6.75. The quantitative estimate of drug-likeness (QED) is 0.775. The fourth-order valence-corrected chi connectivity index (χ4v) is 2.59. The van der Waals surface area contributed by atoms with E-state index in [0.29, 0.717) is 6.61 Å². The van der Waals surface area contributed by atoms with Gasteiger partial charge in [0.05, 0.1) is 12.7 Å². The van der Waals surface area contributed by atoms with Crippen LogP contribution in [0.5, 0.6) is 0 Å². The normalized spacial score (nSPS) is 37.0. The number of carboxylic acid groups (broad SMARTS) is 1. The molecule has 0 aromatic rings. The third-order valence-electron chi connectivity index (χ3n) is 3.42. The van der Waals surface area contributed by atoms with Crippen molar-refractivity contribution < 1.29 is 28.8 Å². The average molecular weight is 289 g/mol. The van der Waals surface area contributed by atoms with Gasteiger partial charge in [-0.15, -0.1) is 0 Å². The number of carboxylic acids is 1. The first-order valence-electron chi connectivity index (χ1n) is 6.75. The Balaban J connectivity index is 2.06. The Kier molecular flexibility index (Phi) is 4.10. The molecule has 20 heavy (non-hydrogen) atoms. The minimum absolute atomic E-state index is 0.170. The maximum absolute atomic E-state index is 10.9. The van der Waals surface area contributed by atoms with Crippen LogP contribution in [-0.4, -0.2) is 53.6 Å². The molecule has 2 rings (SSSR count). The molecule has 2 aliphatic heterocycles. The minimum Gasteiger partial charge on any atom is -0.480 e. The van der Waals surface area contributed by atoms with Crippen molar-refractivity contribution in [2.24, 2.45) is 5.73 Å². The van der Waals surface area contributed by atoms with Crippen molar-refractivity contribution in [3.05, 3.63) is 0 Å². The SMILES string of the molecule is CC1(C)OC[C@H]([C@H]2OC(C)(C)O[C@@H]2C[C@@H](N)C(=O)O)O1. The van der Waals surface area contributed by atoms with Gasteiger partial charge in [0.25, 0.3) is 0 Å². The standard InChI is InChI=1S/C13H23NO6/c1-12(2)17-6-9(19-12)10-8(5-7(14)11(15)16)18-13(3,4)20-10/h7-10H,5-6,14H2,1-4H3,(H,15,16)/t7-,8-,9-,10+/m1/s1. The van der Waals surface area contributed by atoms with Crippen molar-refractivity contribution in [3.63, 3.8) is 0 Å². The summed E-state index contributed by atoms with van der Waals surface area (Å²) < 4.78 is 22.9. The molecule has 0 spiro atoms. The van der Waals surface area contributed by atoms with Gasteiger partial charge < -0.3 is 29.8 Å². The van der Waals surface area contributed by atoms with Gasteiger partial charge in [0.15, 0.2) is 11.6 Å². The van der Waals surface area contributed by atoms with Gasteiger partial charge in [-0.05, 0) is 27.7 Å². The fourth-order valence-electron chi connectivity index (χ4n) is 2.59. The highest BCUT2D eigenvalue weighted by Crippen LogP contribution is 2.36. The van der Waals surface area contributed by atoms with Gasteiger partial charge in [-0.3, -0.25) is 4.79 Å². The minimum atomic E-state index is -1.05. The van der Waals surface area contributed by atoms with Crippen molar-refractivity contribution in [2.75, 3.05) is 6.61 Å². The van der Waals surface area contributed by atoms with Gasteiger partial charge in [-0.2, -0.15) is 0 Å². The molecule has 0 bridgehead atoms. The summed E-state index contributed by atoms with van der Waals surface area (Å²) in [6.45, 7) is 7.61. The van der Waals surface area contributed by atoms with Gasteiger partial charge in [0.1, 0.15) is 18.2 Å². The second kappa shape index (κ2) is 5.23. The molecule has 3 N–H and O–H groups in total. The van der Waals surface area contributed by atoms with E-state index in [4.69, 9.17) is 29.8 Å². The molecule has 0 unspecified atom stereocenters. The Bertz CT molecular complexity index is 383. The summed E-state index contributed by atoms with van der Waals surface area (Å²) in [6, 6.07) is -0.990. The summed E-state index contributed by atoms with van der Waals surface area (Å²) in [5.74, 6) is -2.51. The van der Waals surface area contributed by atoms with Crippen LogP contribution in [0.4, 0.5) is 0 Å². The summed E-state index contributed by atoms with van der Waals surface area (Å²) in [4.78, 5) is 10.9. The van der Waals surface area contributed by atoms with Crippen molar-refractivity contribution in [1.82, 2.24) is 0 Å². The Hall–Kier alpha value is -0.730. The Morgan fingerprint density at radius 2 is 1.90 bits per heavy atom. The molecule has 116 valence electrons. The van der Waals surface area contributed by atoms with Gasteiger partial charge >= 0.3 is 5.97 Å². The zero-order valence-corrected chi connectivity index (χ0v) is 12.3. The van der Waals surface area contributed by atoms with E-state index in [1.165, 1.54) is 0 Å². The van der Waals surface area contributed by atoms with E-state index in [9.17, 15) is 4.79 Å². The van der Waals surface area contributed by atoms with Crippen LogP contribution in [0, 0.1) is 0 Å². The molecule has 4 atom stereocenters. The molecule has 7 heteroatoms. The van der Waals surface area contributed by atoms with E-state index in [-0.39, 0.29) is 12.5 Å². The molecule has 0 amide bonds. The zero-order chi connectivity index (χ0) is 15.1. The highest BCUT2D eigenvalue weighted by Gasteiger charge is 2.50. The summed E-state index contributed by atoms with van der Waals surface area (Å²) in [6.07, 6.45) is -0.947. The number of hydrogen-bond acceptors (Lipinski definition) is 6. The summed E-state index contributed by atoms with van der Waals surface area (Å²) in [5.41, 5.74) is 5.59. The molecule has 0 saturated carbocycles. The average Bonchev–Trinajstić information content (AvgIpc) is 2.78. The van der Waals surface area contributed by atoms with E-state index in [0.717, 1.165) is 0 Å². The van der Waals surface area contributed by atoms with Crippen LogP contribution in [0.1, 0.15) is 34.1 Å². The summed E-state index contributed by atoms with van der Waals surface area (Å²) in [5, 5.41) is 8.93. The molecule has 2 aliphatic rings. The van der Waals surface area contributed by atoms with Crippen molar-refractivity contribution in [2.45, 2.75) is 70.0 Å². The first-order chi connectivity index (χ1) is 9.10. The highest BCUT2D eigenvalue weighted by molar-refractivity contribution is 5.73. The van der Waals surface area contributed by atoms with Crippen LogP contribution in [0.2, 0.25) is 0 Å². The topological polar surface area (TPSA) is 100 Å². The first kappa shape index (κ1) is 15.7. The van der Waals surface area contributed by atoms with Gasteiger partial charge in [0, 0.05) is 6.42 Å². The number of carbonyl (C=O) groups is 1. The predicted molar refractivity (Wildman–Crippen MR) is 69.0 cm³/mol. The number of aliphatic carboxylic acids is 1. The van der Waals surface area contributed by atoms with Crippen LogP contribution in [0.25, 0.3) is 0 Å². The lowest BCUT2D eigenvalue weighted by Gasteiger charge is -2.24. The second-order valence-corrected chi connectivity index (χ2v) is 6.19. The lowest BCUT2D eigenvalue weighted by Crippen LogP contribution is -2.43. The predicted octanol–water partition coefficient (Wildman–Crippen LogP) is 0.460. The van der Waals surface area contributed by atoms with Crippen LogP contribution < -0.4 is 5.73 Å². The lowest BCUT2D eigenvalue weighted by atomic mass is 10.0. The molecule has 0 aromatic carbocycles. The molecule has 0 aromatic heterocycles. The van der Waals surface area contributed by atoms with E-state index in [2.05, 4.69) is 0 Å². The third kappa shape index (κ3) is 3.48. The molecule has 7 nitrogen and oxygen atoms in total. The summed E-state index contributed by atoms with van der Waals surface area (Å²) >= 11 is 0. The van der Waals surface area contributed by atoms with E-state index in [1.807, 2.05) is 13.8 Å². The molecule has 2 fully saturated rings. The smallest absolute Gasteiger partial charge is 0.320 e. The fraction of sp³-hybridized carbons (Fsp3) is 0.923. The van der Waals surface area contributed by atoms with Gasteiger partial charge in [0.2, 0.25) is 0 Å². The van der Waals surface area contributed by atoms with Crippen molar-refractivity contribution in [1.29, 1.82) is 0 Å². The summed E-state index contributed by atoms with van der Waals surface area (Å²) in [7, 11) is 0. The highest BCUT2D eigenvalue weighted by atomic mass is 16.8. The zero-order valence-electron chi connectivity index (χ0n) is 12.3. The van der Waals surface area contributed by atoms with E-state index < -0.39 is 35.8 Å². The second-order valence-electron chi connectivity index (χ2n) is 6.19.